The second-order valence-corrected chi connectivity index (χ2v) is 5.74. The lowest BCUT2D eigenvalue weighted by Crippen LogP contribution is -2.25. The summed E-state index contributed by atoms with van der Waals surface area (Å²) in [6.45, 7) is 5.52. The zero-order valence-corrected chi connectivity index (χ0v) is 11.2. The van der Waals surface area contributed by atoms with Gasteiger partial charge in [-0.15, -0.1) is 0 Å². The first-order chi connectivity index (χ1) is 8.37. The molecule has 4 nitrogen and oxygen atoms in total. The fourth-order valence-electron chi connectivity index (χ4n) is 2.15. The molecule has 0 atom stereocenters. The van der Waals surface area contributed by atoms with E-state index in [1.165, 1.54) is 0 Å². The van der Waals surface area contributed by atoms with E-state index >= 15 is 0 Å². The minimum absolute atomic E-state index is 0.282. The number of carbonyl (C=O) groups is 1. The molecule has 0 fully saturated rings. The lowest BCUT2D eigenvalue weighted by Gasteiger charge is -2.21. The Morgan fingerprint density at radius 2 is 2.00 bits per heavy atom. The lowest BCUT2D eigenvalue weighted by molar-refractivity contribution is 0.00703. The monoisotopic (exact) mass is 248 g/mol. The maximum Gasteiger partial charge on any atom is 0.342 e. The number of aryl methyl sites for hydroxylation is 2. The molecule has 0 bridgehead atoms. The molecule has 0 amide bonds. The van der Waals surface area contributed by atoms with Crippen molar-refractivity contribution in [3.8, 4) is 0 Å². The number of nitrogen functional groups attached to an aromatic ring is 1. The number of nitrogens with two attached hydrogens (primary N) is 1. The first-order valence-electron chi connectivity index (χ1n) is 6.38. The van der Waals surface area contributed by atoms with Crippen molar-refractivity contribution in [3.05, 3.63) is 22.9 Å². The molecule has 0 spiro atoms. The van der Waals surface area contributed by atoms with Crippen LogP contribution in [-0.2, 0) is 17.6 Å². The van der Waals surface area contributed by atoms with Gasteiger partial charge in [-0.25, -0.2) is 9.78 Å². The number of rotatable bonds is 1. The molecule has 0 radical (unpaired) electrons. The van der Waals surface area contributed by atoms with Gasteiger partial charge in [0.15, 0.2) is 0 Å². The van der Waals surface area contributed by atoms with E-state index in [4.69, 9.17) is 10.5 Å². The Labute approximate surface area is 108 Å². The predicted octanol–water partition coefficient (Wildman–Crippen LogP) is 2.50. The SMILES string of the molecule is CC(C)(C)OC(=O)c1cc2c(nc1N)CCCC2. The maximum absolute atomic E-state index is 12.0. The molecule has 98 valence electrons. The largest absolute Gasteiger partial charge is 0.456 e. The van der Waals surface area contributed by atoms with Gasteiger partial charge in [0.05, 0.1) is 0 Å². The van der Waals surface area contributed by atoms with Crippen LogP contribution in [0.1, 0.15) is 55.2 Å². The van der Waals surface area contributed by atoms with Crippen LogP contribution in [0.2, 0.25) is 0 Å². The van der Waals surface area contributed by atoms with Gasteiger partial charge < -0.3 is 10.5 Å². The average molecular weight is 248 g/mol. The highest BCUT2D eigenvalue weighted by molar-refractivity contribution is 5.94. The number of ether oxygens (including phenoxy) is 1. The molecule has 0 saturated heterocycles. The third-order valence-electron chi connectivity index (χ3n) is 2.95. The van der Waals surface area contributed by atoms with Gasteiger partial charge in [-0.2, -0.15) is 0 Å². The van der Waals surface area contributed by atoms with Crippen LogP contribution >= 0.6 is 0 Å². The summed E-state index contributed by atoms with van der Waals surface area (Å²) in [6.07, 6.45) is 4.21. The molecule has 4 heteroatoms. The Hall–Kier alpha value is -1.58. The first kappa shape index (κ1) is 12.9. The summed E-state index contributed by atoms with van der Waals surface area (Å²) in [5.74, 6) is -0.106. The summed E-state index contributed by atoms with van der Waals surface area (Å²) in [4.78, 5) is 16.4. The van der Waals surface area contributed by atoms with E-state index < -0.39 is 5.60 Å². The molecule has 0 saturated carbocycles. The summed E-state index contributed by atoms with van der Waals surface area (Å²) >= 11 is 0. The highest BCUT2D eigenvalue weighted by atomic mass is 16.6. The standard InChI is InChI=1S/C14H20N2O2/c1-14(2,3)18-13(17)10-8-9-6-4-5-7-11(9)16-12(10)15/h8H,4-7H2,1-3H3,(H2,15,16). The van der Waals surface area contributed by atoms with Crippen LogP contribution in [0.4, 0.5) is 5.82 Å². The van der Waals surface area contributed by atoms with Crippen LogP contribution in [0.25, 0.3) is 0 Å². The molecule has 1 aromatic rings. The number of fused-ring (bicyclic) bond motifs is 1. The number of hydrogen-bond donors (Lipinski definition) is 1. The third-order valence-corrected chi connectivity index (χ3v) is 2.95. The fourth-order valence-corrected chi connectivity index (χ4v) is 2.15. The summed E-state index contributed by atoms with van der Waals surface area (Å²) in [6, 6.07) is 1.85. The molecule has 2 N–H and O–H groups in total. The van der Waals surface area contributed by atoms with Crippen molar-refractivity contribution < 1.29 is 9.53 Å². The van der Waals surface area contributed by atoms with E-state index in [-0.39, 0.29) is 11.8 Å². The normalized spacial score (nSPS) is 15.1. The minimum Gasteiger partial charge on any atom is -0.456 e. The molecule has 1 aromatic heterocycles. The van der Waals surface area contributed by atoms with Crippen molar-refractivity contribution >= 4 is 11.8 Å². The zero-order chi connectivity index (χ0) is 13.3. The minimum atomic E-state index is -0.514. The third kappa shape index (κ3) is 2.81. The van der Waals surface area contributed by atoms with Crippen LogP contribution in [0, 0.1) is 0 Å². The second-order valence-electron chi connectivity index (χ2n) is 5.74. The van der Waals surface area contributed by atoms with Crippen LogP contribution in [0.5, 0.6) is 0 Å². The molecule has 1 heterocycles. The van der Waals surface area contributed by atoms with E-state index in [2.05, 4.69) is 4.98 Å². The molecule has 0 unspecified atom stereocenters. The van der Waals surface area contributed by atoms with Crippen LogP contribution in [0.3, 0.4) is 0 Å². The highest BCUT2D eigenvalue weighted by Crippen LogP contribution is 2.24. The summed E-state index contributed by atoms with van der Waals surface area (Å²) in [5.41, 5.74) is 7.90. The molecule has 0 aromatic carbocycles. The topological polar surface area (TPSA) is 65.2 Å². The van der Waals surface area contributed by atoms with E-state index in [9.17, 15) is 4.79 Å². The number of esters is 1. The van der Waals surface area contributed by atoms with Gasteiger partial charge in [-0.3, -0.25) is 0 Å². The molecular formula is C14H20N2O2. The number of pyridine rings is 1. The first-order valence-corrected chi connectivity index (χ1v) is 6.38. The van der Waals surface area contributed by atoms with Gasteiger partial charge in [0.25, 0.3) is 0 Å². The Bertz CT molecular complexity index is 475. The quantitative estimate of drug-likeness (QED) is 0.775. The van der Waals surface area contributed by atoms with Gasteiger partial charge in [0.2, 0.25) is 0 Å². The van der Waals surface area contributed by atoms with E-state index in [0.717, 1.165) is 36.9 Å². The van der Waals surface area contributed by atoms with Gasteiger partial charge in [-0.05, 0) is 58.1 Å². The highest BCUT2D eigenvalue weighted by Gasteiger charge is 2.22. The van der Waals surface area contributed by atoms with Gasteiger partial charge in [-0.1, -0.05) is 0 Å². The van der Waals surface area contributed by atoms with Crippen molar-refractivity contribution in [2.24, 2.45) is 0 Å². The van der Waals surface area contributed by atoms with E-state index in [0.29, 0.717) is 5.56 Å². The van der Waals surface area contributed by atoms with Crippen molar-refractivity contribution in [2.45, 2.75) is 52.1 Å². The van der Waals surface area contributed by atoms with Crippen molar-refractivity contribution in [2.75, 3.05) is 5.73 Å². The summed E-state index contributed by atoms with van der Waals surface area (Å²) < 4.78 is 5.34. The molecule has 0 aliphatic heterocycles. The molecule has 2 rings (SSSR count). The van der Waals surface area contributed by atoms with Gasteiger partial charge in [0.1, 0.15) is 17.0 Å². The van der Waals surface area contributed by atoms with Crippen molar-refractivity contribution in [3.63, 3.8) is 0 Å². The number of hydrogen-bond acceptors (Lipinski definition) is 4. The van der Waals surface area contributed by atoms with Crippen molar-refractivity contribution in [1.29, 1.82) is 0 Å². The Kier molecular flexibility index (Phi) is 3.28. The average Bonchev–Trinajstić information content (AvgIpc) is 2.25. The number of nitrogens with zero attached hydrogens (tertiary/aromatic N) is 1. The van der Waals surface area contributed by atoms with E-state index in [1.54, 1.807) is 0 Å². The molecule has 1 aliphatic carbocycles. The Morgan fingerprint density at radius 1 is 1.33 bits per heavy atom. The maximum atomic E-state index is 12.0. The predicted molar refractivity (Wildman–Crippen MR) is 70.5 cm³/mol. The van der Waals surface area contributed by atoms with Gasteiger partial charge in [0, 0.05) is 5.69 Å². The van der Waals surface area contributed by atoms with Crippen molar-refractivity contribution in [1.82, 2.24) is 4.98 Å². The summed E-state index contributed by atoms with van der Waals surface area (Å²) in [5, 5.41) is 0. The van der Waals surface area contributed by atoms with Gasteiger partial charge >= 0.3 is 5.97 Å². The Morgan fingerprint density at radius 3 is 2.67 bits per heavy atom. The smallest absolute Gasteiger partial charge is 0.342 e. The van der Waals surface area contributed by atoms with Crippen LogP contribution in [0.15, 0.2) is 6.07 Å². The zero-order valence-electron chi connectivity index (χ0n) is 11.2. The Balaban J connectivity index is 2.31. The van der Waals surface area contributed by atoms with Crippen LogP contribution < -0.4 is 5.73 Å². The lowest BCUT2D eigenvalue weighted by atomic mass is 9.95. The molecular weight excluding hydrogens is 228 g/mol. The van der Waals surface area contributed by atoms with Crippen LogP contribution in [-0.4, -0.2) is 16.6 Å². The second kappa shape index (κ2) is 4.59. The number of carbonyl (C=O) groups excluding carboxylic acids is 1. The number of aromatic nitrogens is 1. The number of anilines is 1. The fraction of sp³-hybridized carbons (Fsp3) is 0.571. The summed E-state index contributed by atoms with van der Waals surface area (Å²) in [7, 11) is 0. The van der Waals surface area contributed by atoms with E-state index in [1.807, 2.05) is 26.8 Å². The molecule has 18 heavy (non-hydrogen) atoms. The molecule has 1 aliphatic rings.